The van der Waals surface area contributed by atoms with Crippen LogP contribution in [0.25, 0.3) is 0 Å². The van der Waals surface area contributed by atoms with Crippen molar-refractivity contribution in [3.05, 3.63) is 17.6 Å². The van der Waals surface area contributed by atoms with Crippen LogP contribution in [0, 0.1) is 6.92 Å². The Morgan fingerprint density at radius 2 is 2.14 bits per heavy atom. The van der Waals surface area contributed by atoms with Crippen LogP contribution in [0.5, 0.6) is 0 Å². The molecule has 21 heavy (non-hydrogen) atoms. The Hall–Kier alpha value is -0.890. The molecule has 6 nitrogen and oxygen atoms in total. The molecule has 0 amide bonds. The van der Waals surface area contributed by atoms with E-state index in [-0.39, 0.29) is 29.4 Å². The summed E-state index contributed by atoms with van der Waals surface area (Å²) >= 11 is 0. The first-order chi connectivity index (χ1) is 10.0. The first kappa shape index (κ1) is 15.0. The number of ether oxygens (including phenoxy) is 1. The molecule has 1 aliphatic carbocycles. The van der Waals surface area contributed by atoms with Gasteiger partial charge < -0.3 is 14.3 Å². The molecule has 1 aromatic heterocycles. The molecule has 1 N–H and O–H groups in total. The van der Waals surface area contributed by atoms with Crippen molar-refractivity contribution in [1.82, 2.24) is 4.31 Å². The lowest BCUT2D eigenvalue weighted by Gasteiger charge is -2.42. The summed E-state index contributed by atoms with van der Waals surface area (Å²) in [7, 11) is -3.60. The van der Waals surface area contributed by atoms with Crippen molar-refractivity contribution < 1.29 is 22.7 Å². The quantitative estimate of drug-likeness (QED) is 0.912. The van der Waals surface area contributed by atoms with Crippen LogP contribution in [-0.4, -0.2) is 43.1 Å². The number of rotatable bonds is 3. The molecular formula is C14H21NO5S. The second-order valence-electron chi connectivity index (χ2n) is 5.67. The highest BCUT2D eigenvalue weighted by Crippen LogP contribution is 2.33. The summed E-state index contributed by atoms with van der Waals surface area (Å²) in [5.41, 5.74) is 0. The Labute approximate surface area is 124 Å². The van der Waals surface area contributed by atoms with Gasteiger partial charge in [-0.15, -0.1) is 0 Å². The van der Waals surface area contributed by atoms with E-state index >= 15 is 0 Å². The van der Waals surface area contributed by atoms with Crippen molar-refractivity contribution in [3.8, 4) is 0 Å². The van der Waals surface area contributed by atoms with Crippen LogP contribution in [0.15, 0.2) is 15.4 Å². The second kappa shape index (κ2) is 5.72. The monoisotopic (exact) mass is 315 g/mol. The van der Waals surface area contributed by atoms with Crippen LogP contribution in [0.2, 0.25) is 0 Å². The largest absolute Gasteiger partial charge is 0.462 e. The Bertz CT molecular complexity index is 607. The molecule has 2 unspecified atom stereocenters. The Kier molecular flexibility index (Phi) is 4.09. The number of fused-ring (bicyclic) bond motifs is 1. The number of sulfonamides is 1. The van der Waals surface area contributed by atoms with Crippen LogP contribution in [0.4, 0.5) is 0 Å². The minimum absolute atomic E-state index is 0.00629. The molecule has 1 aromatic rings. The highest BCUT2D eigenvalue weighted by atomic mass is 32.2. The third-order valence-electron chi connectivity index (χ3n) is 4.35. The minimum atomic E-state index is -3.60. The number of furan rings is 1. The lowest BCUT2D eigenvalue weighted by molar-refractivity contribution is -0.0586. The zero-order valence-corrected chi connectivity index (χ0v) is 12.9. The fraction of sp³-hybridized carbons (Fsp3) is 0.714. The fourth-order valence-corrected chi connectivity index (χ4v) is 5.19. The predicted octanol–water partition coefficient (Wildman–Crippen LogP) is 1.41. The van der Waals surface area contributed by atoms with E-state index in [9.17, 15) is 8.42 Å². The molecule has 3 rings (SSSR count). The minimum Gasteiger partial charge on any atom is -0.462 e. The van der Waals surface area contributed by atoms with E-state index in [0.717, 1.165) is 25.7 Å². The Morgan fingerprint density at radius 3 is 2.86 bits per heavy atom. The SMILES string of the molecule is Cc1oc(CO)cc1S(=O)(=O)N1CCOC2CCCCC21. The fourth-order valence-electron chi connectivity index (χ4n) is 3.34. The van der Waals surface area contributed by atoms with Crippen molar-refractivity contribution in [2.75, 3.05) is 13.2 Å². The third kappa shape index (κ3) is 2.63. The molecule has 7 heteroatoms. The van der Waals surface area contributed by atoms with Crippen molar-refractivity contribution in [3.63, 3.8) is 0 Å². The average Bonchev–Trinajstić information content (AvgIpc) is 2.88. The molecular weight excluding hydrogens is 294 g/mol. The van der Waals surface area contributed by atoms with Gasteiger partial charge in [0.1, 0.15) is 23.0 Å². The molecule has 2 aliphatic rings. The van der Waals surface area contributed by atoms with E-state index in [2.05, 4.69) is 0 Å². The molecule has 0 spiro atoms. The van der Waals surface area contributed by atoms with Crippen molar-refractivity contribution in [1.29, 1.82) is 0 Å². The van der Waals surface area contributed by atoms with Gasteiger partial charge >= 0.3 is 0 Å². The van der Waals surface area contributed by atoms with Crippen molar-refractivity contribution in [2.45, 2.75) is 56.3 Å². The summed E-state index contributed by atoms with van der Waals surface area (Å²) < 4.78 is 38.4. The van der Waals surface area contributed by atoms with Crippen LogP contribution in [0.1, 0.15) is 37.2 Å². The molecule has 0 aromatic carbocycles. The van der Waals surface area contributed by atoms with Gasteiger partial charge in [0.15, 0.2) is 0 Å². The number of hydrogen-bond donors (Lipinski definition) is 1. The highest BCUT2D eigenvalue weighted by molar-refractivity contribution is 7.89. The number of morpholine rings is 1. The number of hydrogen-bond acceptors (Lipinski definition) is 5. The first-order valence-electron chi connectivity index (χ1n) is 7.37. The lowest BCUT2D eigenvalue weighted by atomic mass is 9.91. The third-order valence-corrected chi connectivity index (χ3v) is 6.38. The van der Waals surface area contributed by atoms with Gasteiger partial charge in [0.05, 0.1) is 18.8 Å². The molecule has 2 heterocycles. The normalized spacial score (nSPS) is 27.5. The number of aryl methyl sites for hydroxylation is 1. The van der Waals surface area contributed by atoms with E-state index in [0.29, 0.717) is 18.9 Å². The first-order valence-corrected chi connectivity index (χ1v) is 8.81. The van der Waals surface area contributed by atoms with E-state index < -0.39 is 10.0 Å². The summed E-state index contributed by atoms with van der Waals surface area (Å²) in [4.78, 5) is 0.165. The smallest absolute Gasteiger partial charge is 0.246 e. The van der Waals surface area contributed by atoms with Gasteiger partial charge in [-0.1, -0.05) is 12.8 Å². The molecule has 0 bridgehead atoms. The summed E-state index contributed by atoms with van der Waals surface area (Å²) in [6.07, 6.45) is 3.89. The zero-order chi connectivity index (χ0) is 15.0. The van der Waals surface area contributed by atoms with E-state index in [4.69, 9.17) is 14.3 Å². The van der Waals surface area contributed by atoms with Crippen molar-refractivity contribution >= 4 is 10.0 Å². The summed E-state index contributed by atoms with van der Waals surface area (Å²) in [5, 5.41) is 9.12. The van der Waals surface area contributed by atoms with Gasteiger partial charge in [-0.05, 0) is 19.8 Å². The van der Waals surface area contributed by atoms with Gasteiger partial charge in [0.25, 0.3) is 0 Å². The molecule has 2 atom stereocenters. The molecule has 118 valence electrons. The zero-order valence-electron chi connectivity index (χ0n) is 12.1. The van der Waals surface area contributed by atoms with Gasteiger partial charge in [-0.25, -0.2) is 8.42 Å². The topological polar surface area (TPSA) is 80.0 Å². The molecule has 1 saturated heterocycles. The molecule has 2 fully saturated rings. The van der Waals surface area contributed by atoms with Crippen LogP contribution < -0.4 is 0 Å². The number of nitrogens with zero attached hydrogens (tertiary/aromatic N) is 1. The number of aliphatic hydroxyl groups excluding tert-OH is 1. The lowest BCUT2D eigenvalue weighted by Crippen LogP contribution is -2.54. The van der Waals surface area contributed by atoms with E-state index in [1.807, 2.05) is 0 Å². The summed E-state index contributed by atoms with van der Waals surface area (Å²) in [6, 6.07) is 1.35. The molecule has 1 aliphatic heterocycles. The maximum Gasteiger partial charge on any atom is 0.246 e. The van der Waals surface area contributed by atoms with Gasteiger partial charge in [-0.2, -0.15) is 4.31 Å². The molecule has 0 radical (unpaired) electrons. The Balaban J connectivity index is 1.94. The maximum atomic E-state index is 12.9. The standard InChI is InChI=1S/C14H21NO5S/c1-10-14(8-11(9-16)20-10)21(17,18)15-6-7-19-13-5-3-2-4-12(13)15/h8,12-13,16H,2-7,9H2,1H3. The van der Waals surface area contributed by atoms with E-state index in [1.54, 1.807) is 11.2 Å². The van der Waals surface area contributed by atoms with Crippen LogP contribution >= 0.6 is 0 Å². The van der Waals surface area contributed by atoms with Crippen LogP contribution in [0.3, 0.4) is 0 Å². The summed E-state index contributed by atoms with van der Waals surface area (Å²) in [6.45, 7) is 2.13. The maximum absolute atomic E-state index is 12.9. The predicted molar refractivity (Wildman–Crippen MR) is 75.3 cm³/mol. The number of aliphatic hydroxyl groups is 1. The Morgan fingerprint density at radius 1 is 1.38 bits per heavy atom. The van der Waals surface area contributed by atoms with Crippen LogP contribution in [-0.2, 0) is 21.4 Å². The van der Waals surface area contributed by atoms with Gasteiger partial charge in [0, 0.05) is 12.6 Å². The second-order valence-corrected chi connectivity index (χ2v) is 7.53. The van der Waals surface area contributed by atoms with Gasteiger partial charge in [-0.3, -0.25) is 0 Å². The molecule has 1 saturated carbocycles. The average molecular weight is 315 g/mol. The summed E-state index contributed by atoms with van der Waals surface area (Å²) in [5.74, 6) is 0.609. The van der Waals surface area contributed by atoms with E-state index in [1.165, 1.54) is 6.07 Å². The van der Waals surface area contributed by atoms with Crippen molar-refractivity contribution in [2.24, 2.45) is 0 Å². The van der Waals surface area contributed by atoms with Gasteiger partial charge in [0.2, 0.25) is 10.0 Å². The highest BCUT2D eigenvalue weighted by Gasteiger charge is 2.41.